The zero-order valence-electron chi connectivity index (χ0n) is 6.76. The van der Waals surface area contributed by atoms with Gasteiger partial charge in [0, 0.05) is 19.3 Å². The van der Waals surface area contributed by atoms with Crippen LogP contribution in [0.5, 0.6) is 0 Å². The highest BCUT2D eigenvalue weighted by molar-refractivity contribution is 7.83. The molecule has 0 saturated carbocycles. The molecule has 3 nitrogen and oxygen atoms in total. The van der Waals surface area contributed by atoms with Gasteiger partial charge in [0.25, 0.3) is 0 Å². The van der Waals surface area contributed by atoms with Gasteiger partial charge in [-0.2, -0.15) is 0 Å². The topological polar surface area (TPSA) is 41.1 Å². The standard InChI is InChI=1S/C8H10N2OS/c1-9-7-3-2-6-5-10-12(11)8(6)4-7/h2-4,9-10H,5H2,1H3. The predicted molar refractivity (Wildman–Crippen MR) is 49.2 cm³/mol. The minimum atomic E-state index is -1.000. The summed E-state index contributed by atoms with van der Waals surface area (Å²) in [6.07, 6.45) is 0. The molecule has 0 saturated heterocycles. The molecule has 64 valence electrons. The highest BCUT2D eigenvalue weighted by Gasteiger charge is 2.16. The van der Waals surface area contributed by atoms with Gasteiger partial charge in [0.05, 0.1) is 4.90 Å². The number of anilines is 1. The quantitative estimate of drug-likeness (QED) is 0.676. The third-order valence-corrected chi connectivity index (χ3v) is 3.14. The summed E-state index contributed by atoms with van der Waals surface area (Å²) in [4.78, 5) is 0.904. The highest BCUT2D eigenvalue weighted by Crippen LogP contribution is 2.22. The van der Waals surface area contributed by atoms with Crippen molar-refractivity contribution in [1.82, 2.24) is 4.72 Å². The van der Waals surface area contributed by atoms with Crippen molar-refractivity contribution in [3.8, 4) is 0 Å². The second-order valence-corrected chi connectivity index (χ2v) is 3.93. The molecule has 0 spiro atoms. The normalized spacial score (nSPS) is 20.6. The fraction of sp³-hybridized carbons (Fsp3) is 0.250. The van der Waals surface area contributed by atoms with E-state index >= 15 is 0 Å². The fourth-order valence-electron chi connectivity index (χ4n) is 1.25. The summed E-state index contributed by atoms with van der Waals surface area (Å²) in [5.41, 5.74) is 2.14. The van der Waals surface area contributed by atoms with Crippen LogP contribution in [-0.4, -0.2) is 11.3 Å². The van der Waals surface area contributed by atoms with Crippen molar-refractivity contribution in [3.63, 3.8) is 0 Å². The number of rotatable bonds is 1. The number of fused-ring (bicyclic) bond motifs is 1. The lowest BCUT2D eigenvalue weighted by Crippen LogP contribution is -2.05. The van der Waals surface area contributed by atoms with E-state index in [-0.39, 0.29) is 0 Å². The van der Waals surface area contributed by atoms with Gasteiger partial charge in [0.15, 0.2) is 0 Å². The molecule has 4 heteroatoms. The number of hydrogen-bond acceptors (Lipinski definition) is 2. The van der Waals surface area contributed by atoms with Gasteiger partial charge in [-0.3, -0.25) is 0 Å². The van der Waals surface area contributed by atoms with E-state index in [2.05, 4.69) is 10.0 Å². The zero-order valence-corrected chi connectivity index (χ0v) is 7.57. The van der Waals surface area contributed by atoms with E-state index in [9.17, 15) is 4.21 Å². The second kappa shape index (κ2) is 2.88. The number of benzene rings is 1. The molecule has 1 unspecified atom stereocenters. The van der Waals surface area contributed by atoms with Crippen LogP contribution in [0.2, 0.25) is 0 Å². The molecule has 2 rings (SSSR count). The Kier molecular flexibility index (Phi) is 1.86. The molecule has 1 aromatic carbocycles. The molecule has 0 radical (unpaired) electrons. The van der Waals surface area contributed by atoms with E-state index in [1.165, 1.54) is 0 Å². The number of hydrogen-bond donors (Lipinski definition) is 2. The van der Waals surface area contributed by atoms with Crippen LogP contribution in [0.4, 0.5) is 5.69 Å². The Bertz CT molecular complexity index is 338. The first kappa shape index (κ1) is 7.76. The third-order valence-electron chi connectivity index (χ3n) is 1.95. The minimum absolute atomic E-state index is 0.714. The summed E-state index contributed by atoms with van der Waals surface area (Å²) in [6, 6.07) is 5.91. The maximum Gasteiger partial charge on any atom is 0.125 e. The van der Waals surface area contributed by atoms with E-state index in [1.54, 1.807) is 0 Å². The van der Waals surface area contributed by atoms with E-state index in [4.69, 9.17) is 0 Å². The largest absolute Gasteiger partial charge is 0.388 e. The third kappa shape index (κ3) is 1.13. The van der Waals surface area contributed by atoms with E-state index in [0.717, 1.165) is 16.1 Å². The van der Waals surface area contributed by atoms with Crippen LogP contribution in [0.1, 0.15) is 5.56 Å². The molecule has 1 heterocycles. The van der Waals surface area contributed by atoms with Gasteiger partial charge in [0.2, 0.25) is 0 Å². The molecule has 1 aliphatic rings. The lowest BCUT2D eigenvalue weighted by atomic mass is 10.2. The Balaban J connectivity index is 2.50. The first-order valence-corrected chi connectivity index (χ1v) is 4.92. The van der Waals surface area contributed by atoms with E-state index in [0.29, 0.717) is 6.54 Å². The van der Waals surface area contributed by atoms with Crippen molar-refractivity contribution in [2.24, 2.45) is 0 Å². The van der Waals surface area contributed by atoms with Crippen LogP contribution in [0.25, 0.3) is 0 Å². The first-order valence-electron chi connectivity index (χ1n) is 3.77. The predicted octanol–water partition coefficient (Wildman–Crippen LogP) is 0.854. The Morgan fingerprint density at radius 3 is 3.17 bits per heavy atom. The van der Waals surface area contributed by atoms with Gasteiger partial charge in [-0.1, -0.05) is 6.07 Å². The van der Waals surface area contributed by atoms with Crippen molar-refractivity contribution < 1.29 is 4.21 Å². The fourth-order valence-corrected chi connectivity index (χ4v) is 2.30. The smallest absolute Gasteiger partial charge is 0.125 e. The molecule has 0 aliphatic carbocycles. The van der Waals surface area contributed by atoms with Crippen molar-refractivity contribution in [3.05, 3.63) is 23.8 Å². The summed E-state index contributed by atoms with van der Waals surface area (Å²) in [6.45, 7) is 0.714. The SMILES string of the molecule is CNc1ccc2c(c1)S(=O)NC2. The Morgan fingerprint density at radius 1 is 1.58 bits per heavy atom. The lowest BCUT2D eigenvalue weighted by molar-refractivity contribution is 0.678. The Hall–Kier alpha value is -0.870. The Morgan fingerprint density at radius 2 is 2.42 bits per heavy atom. The van der Waals surface area contributed by atoms with Crippen molar-refractivity contribution in [2.45, 2.75) is 11.4 Å². The van der Waals surface area contributed by atoms with Crippen LogP contribution in [-0.2, 0) is 17.5 Å². The average molecular weight is 182 g/mol. The molecule has 0 bridgehead atoms. The lowest BCUT2D eigenvalue weighted by Gasteiger charge is -2.01. The maximum atomic E-state index is 11.3. The summed E-state index contributed by atoms with van der Waals surface area (Å²) >= 11 is 0. The molecular formula is C8H10N2OS. The molecule has 2 N–H and O–H groups in total. The average Bonchev–Trinajstić information content (AvgIpc) is 2.47. The van der Waals surface area contributed by atoms with Crippen LogP contribution < -0.4 is 10.0 Å². The maximum absolute atomic E-state index is 11.3. The first-order chi connectivity index (χ1) is 5.81. The van der Waals surface area contributed by atoms with Gasteiger partial charge in [-0.15, -0.1) is 0 Å². The monoisotopic (exact) mass is 182 g/mol. The van der Waals surface area contributed by atoms with E-state index < -0.39 is 11.0 Å². The molecule has 1 aromatic rings. The van der Waals surface area contributed by atoms with Crippen molar-refractivity contribution >= 4 is 16.7 Å². The molecule has 0 aromatic heterocycles. The molecule has 0 amide bonds. The summed E-state index contributed by atoms with van der Waals surface area (Å²) in [5, 5.41) is 3.02. The van der Waals surface area contributed by atoms with Crippen LogP contribution >= 0.6 is 0 Å². The molecular weight excluding hydrogens is 172 g/mol. The summed E-state index contributed by atoms with van der Waals surface area (Å²) < 4.78 is 14.2. The van der Waals surface area contributed by atoms with Crippen LogP contribution in [0.3, 0.4) is 0 Å². The summed E-state index contributed by atoms with van der Waals surface area (Å²) in [5.74, 6) is 0. The number of nitrogens with one attached hydrogen (secondary N) is 2. The van der Waals surface area contributed by atoms with Gasteiger partial charge < -0.3 is 5.32 Å². The van der Waals surface area contributed by atoms with Gasteiger partial charge in [-0.25, -0.2) is 8.93 Å². The Labute approximate surface area is 73.8 Å². The van der Waals surface area contributed by atoms with Crippen LogP contribution in [0, 0.1) is 0 Å². The van der Waals surface area contributed by atoms with Crippen LogP contribution in [0.15, 0.2) is 23.1 Å². The second-order valence-electron chi connectivity index (χ2n) is 2.66. The molecule has 1 atom stereocenters. The minimum Gasteiger partial charge on any atom is -0.388 e. The van der Waals surface area contributed by atoms with Gasteiger partial charge >= 0.3 is 0 Å². The van der Waals surface area contributed by atoms with Crippen molar-refractivity contribution in [2.75, 3.05) is 12.4 Å². The van der Waals surface area contributed by atoms with Gasteiger partial charge in [0.1, 0.15) is 11.0 Å². The molecule has 12 heavy (non-hydrogen) atoms. The summed E-state index contributed by atoms with van der Waals surface area (Å²) in [7, 11) is 0.855. The molecule has 0 fully saturated rings. The van der Waals surface area contributed by atoms with E-state index in [1.807, 2.05) is 25.2 Å². The zero-order chi connectivity index (χ0) is 8.55. The highest BCUT2D eigenvalue weighted by atomic mass is 32.2. The van der Waals surface area contributed by atoms with Crippen molar-refractivity contribution in [1.29, 1.82) is 0 Å². The van der Waals surface area contributed by atoms with Gasteiger partial charge in [-0.05, 0) is 17.7 Å². The molecule has 1 aliphatic heterocycles.